The molecular formula is C20H20Fe2Zn. The zero-order chi connectivity index (χ0) is 14.1. The molecule has 0 aromatic heterocycles. The van der Waals surface area contributed by atoms with Gasteiger partial charge >= 0.3 is 36.5 Å². The van der Waals surface area contributed by atoms with Gasteiger partial charge in [-0.15, -0.1) is 0 Å². The maximum Gasteiger partial charge on any atom is 2.00 e. The maximum absolute atomic E-state index is 2.00. The van der Waals surface area contributed by atoms with E-state index in [-0.39, 0.29) is 53.6 Å². The van der Waals surface area contributed by atoms with Crippen LogP contribution in [-0.2, 0) is 53.6 Å². The molecule has 0 nitrogen and oxygen atoms in total. The van der Waals surface area contributed by atoms with Crippen molar-refractivity contribution < 1.29 is 53.6 Å². The molecule has 0 aliphatic heterocycles. The van der Waals surface area contributed by atoms with Crippen molar-refractivity contribution in [2.75, 3.05) is 0 Å². The van der Waals surface area contributed by atoms with Crippen LogP contribution in [0.15, 0.2) is 121 Å². The fraction of sp³-hybridized carbons (Fsp3) is 0. The van der Waals surface area contributed by atoms with Gasteiger partial charge in [0.05, 0.1) is 0 Å². The van der Waals surface area contributed by atoms with Gasteiger partial charge in [-0.05, 0) is 0 Å². The van der Waals surface area contributed by atoms with Crippen LogP contribution in [0.1, 0.15) is 0 Å². The molecule has 4 aromatic carbocycles. The van der Waals surface area contributed by atoms with Gasteiger partial charge in [0.25, 0.3) is 0 Å². The summed E-state index contributed by atoms with van der Waals surface area (Å²) in [6.45, 7) is 0. The Morgan fingerprint density at radius 3 is 0.522 bits per heavy atom. The van der Waals surface area contributed by atoms with Crippen LogP contribution in [0, 0.1) is 0 Å². The molecule has 0 saturated heterocycles. The van der Waals surface area contributed by atoms with Crippen LogP contribution in [-0.4, -0.2) is 0 Å². The van der Waals surface area contributed by atoms with Crippen molar-refractivity contribution in [1.82, 2.24) is 0 Å². The fourth-order valence-corrected chi connectivity index (χ4v) is 1.28. The quantitative estimate of drug-likeness (QED) is 0.248. The van der Waals surface area contributed by atoms with E-state index in [0.29, 0.717) is 0 Å². The van der Waals surface area contributed by atoms with E-state index in [2.05, 4.69) is 0 Å². The molecule has 0 amide bonds. The van der Waals surface area contributed by atoms with E-state index >= 15 is 0 Å². The third kappa shape index (κ3) is 21.1. The first-order valence-electron chi connectivity index (χ1n) is 6.67. The number of hydrogen-bond donors (Lipinski definition) is 0. The first-order valence-corrected chi connectivity index (χ1v) is 6.67. The monoisotopic (exact) mass is 436 g/mol. The molecule has 4 aromatic rings. The average molecular weight is 437 g/mol. The van der Waals surface area contributed by atoms with Crippen LogP contribution in [0.2, 0.25) is 0 Å². The molecule has 0 aliphatic carbocycles. The first kappa shape index (κ1) is 26.9. The number of rotatable bonds is 0. The number of hydrogen-bond acceptors (Lipinski definition) is 0. The van der Waals surface area contributed by atoms with Crippen LogP contribution in [0.3, 0.4) is 0 Å². The van der Waals surface area contributed by atoms with Crippen molar-refractivity contribution in [1.29, 1.82) is 0 Å². The molecule has 0 unspecified atom stereocenters. The van der Waals surface area contributed by atoms with Crippen molar-refractivity contribution in [3.8, 4) is 0 Å². The zero-order valence-electron chi connectivity index (χ0n) is 13.0. The van der Waals surface area contributed by atoms with Crippen molar-refractivity contribution in [2.24, 2.45) is 0 Å². The van der Waals surface area contributed by atoms with Gasteiger partial charge in [0.15, 0.2) is 0 Å². The standard InChI is InChI=1S/4C5H5.2Fe.Zn/c4*1-2-4-5-3-1;;;/h4*1-5H;;;/q4*-1;;2*+2. The molecule has 23 heavy (non-hydrogen) atoms. The summed E-state index contributed by atoms with van der Waals surface area (Å²) in [7, 11) is 0. The molecule has 0 heterocycles. The van der Waals surface area contributed by atoms with Crippen LogP contribution < -0.4 is 0 Å². The molecule has 0 radical (unpaired) electrons. The second-order valence-corrected chi connectivity index (χ2v) is 3.85. The summed E-state index contributed by atoms with van der Waals surface area (Å²) in [5, 5.41) is 0. The minimum Gasteiger partial charge on any atom is -0.214 e. The SMILES string of the molecule is [Fe+2].[Fe].[Zn+2].c1cc[cH-]c1.c1cc[cH-]c1.c1cc[cH-]c1.c1cc[cH-]c1. The third-order valence-corrected chi connectivity index (χ3v) is 2.22. The minimum absolute atomic E-state index is 0. The molecular weight excluding hydrogens is 417 g/mol. The van der Waals surface area contributed by atoms with Gasteiger partial charge in [-0.3, -0.25) is 0 Å². The largest absolute Gasteiger partial charge is 2.00 e. The molecule has 0 fully saturated rings. The Kier molecular flexibility index (Phi) is 27.3. The maximum atomic E-state index is 2.00. The van der Waals surface area contributed by atoms with E-state index in [1.54, 1.807) is 0 Å². The van der Waals surface area contributed by atoms with Crippen LogP contribution in [0.25, 0.3) is 0 Å². The Morgan fingerprint density at radius 2 is 0.478 bits per heavy atom. The van der Waals surface area contributed by atoms with Crippen LogP contribution in [0.4, 0.5) is 0 Å². The Labute approximate surface area is 174 Å². The van der Waals surface area contributed by atoms with Gasteiger partial charge in [-0.1, -0.05) is 0 Å². The molecule has 118 valence electrons. The van der Waals surface area contributed by atoms with Gasteiger partial charge in [-0.25, -0.2) is 48.5 Å². The Hall–Kier alpha value is -0.938. The Morgan fingerprint density at radius 1 is 0.348 bits per heavy atom. The summed E-state index contributed by atoms with van der Waals surface area (Å²) in [5.74, 6) is 0. The van der Waals surface area contributed by atoms with Crippen molar-refractivity contribution >= 4 is 0 Å². The predicted octanol–water partition coefficient (Wildman–Crippen LogP) is 5.61. The average Bonchev–Trinajstić information content (AvgIpc) is 3.40. The van der Waals surface area contributed by atoms with Crippen LogP contribution in [0.5, 0.6) is 0 Å². The summed E-state index contributed by atoms with van der Waals surface area (Å²) in [4.78, 5) is 0. The van der Waals surface area contributed by atoms with E-state index in [9.17, 15) is 0 Å². The third-order valence-electron chi connectivity index (χ3n) is 2.22. The fourth-order valence-electron chi connectivity index (χ4n) is 1.28. The van der Waals surface area contributed by atoms with Gasteiger partial charge in [0, 0.05) is 17.1 Å². The topological polar surface area (TPSA) is 0 Å². The summed E-state index contributed by atoms with van der Waals surface area (Å²) in [6.07, 6.45) is 0. The summed E-state index contributed by atoms with van der Waals surface area (Å²) >= 11 is 0. The van der Waals surface area contributed by atoms with E-state index in [0.717, 1.165) is 0 Å². The summed E-state index contributed by atoms with van der Waals surface area (Å²) < 4.78 is 0. The first-order chi connectivity index (χ1) is 10.0. The molecule has 0 saturated carbocycles. The molecule has 4 rings (SSSR count). The molecule has 0 atom stereocenters. The van der Waals surface area contributed by atoms with E-state index in [1.807, 2.05) is 121 Å². The van der Waals surface area contributed by atoms with Crippen LogP contribution >= 0.6 is 0 Å². The molecule has 0 aliphatic rings. The van der Waals surface area contributed by atoms with Crippen molar-refractivity contribution in [3.05, 3.63) is 121 Å². The van der Waals surface area contributed by atoms with Gasteiger partial charge in [-0.2, -0.15) is 72.8 Å². The smallest absolute Gasteiger partial charge is 0.214 e. The minimum atomic E-state index is 0. The normalized spacial score (nSPS) is 6.96. The summed E-state index contributed by atoms with van der Waals surface area (Å²) in [5.41, 5.74) is 0. The molecule has 3 heteroatoms. The molecule has 0 bridgehead atoms. The Bertz CT molecular complexity index is 347. The van der Waals surface area contributed by atoms with E-state index in [4.69, 9.17) is 0 Å². The van der Waals surface area contributed by atoms with E-state index < -0.39 is 0 Å². The Balaban J connectivity index is -0.000000222. The molecule has 0 N–H and O–H groups in total. The van der Waals surface area contributed by atoms with Gasteiger partial charge in [0.1, 0.15) is 0 Å². The molecule has 0 spiro atoms. The van der Waals surface area contributed by atoms with E-state index in [1.165, 1.54) is 0 Å². The zero-order valence-corrected chi connectivity index (χ0v) is 18.1. The predicted molar refractivity (Wildman–Crippen MR) is 88.1 cm³/mol. The van der Waals surface area contributed by atoms with Gasteiger partial charge in [0.2, 0.25) is 0 Å². The van der Waals surface area contributed by atoms with Gasteiger partial charge < -0.3 is 0 Å². The summed E-state index contributed by atoms with van der Waals surface area (Å²) in [6, 6.07) is 40.0. The second kappa shape index (κ2) is 23.3. The second-order valence-electron chi connectivity index (χ2n) is 3.85. The van der Waals surface area contributed by atoms with Crippen molar-refractivity contribution in [3.63, 3.8) is 0 Å². The van der Waals surface area contributed by atoms with Crippen molar-refractivity contribution in [2.45, 2.75) is 0 Å².